The lowest BCUT2D eigenvalue weighted by atomic mass is 9.85. The van der Waals surface area contributed by atoms with Gasteiger partial charge in [-0.2, -0.15) is 20.5 Å². The summed E-state index contributed by atoms with van der Waals surface area (Å²) < 4.78 is 43.0. The molecule has 13 heteroatoms. The molecule has 0 bridgehead atoms. The lowest BCUT2D eigenvalue weighted by Gasteiger charge is -2.32. The largest absolute Gasteiger partial charge is 0.377 e. The number of benzene rings is 4. The van der Waals surface area contributed by atoms with Gasteiger partial charge in [0, 0.05) is 23.7 Å². The lowest BCUT2D eigenvalue weighted by Crippen LogP contribution is -2.35. The van der Waals surface area contributed by atoms with Crippen molar-refractivity contribution < 1.29 is 32.7 Å². The molecular formula is C52H60N6O7. The van der Waals surface area contributed by atoms with Crippen LogP contribution in [-0.2, 0) is 34.9 Å². The van der Waals surface area contributed by atoms with Crippen molar-refractivity contribution in [3.8, 4) is 12.1 Å². The van der Waals surface area contributed by atoms with Gasteiger partial charge in [-0.25, -0.2) is 0 Å². The Bertz CT molecular complexity index is 2100. The summed E-state index contributed by atoms with van der Waals surface area (Å²) >= 11 is 0. The summed E-state index contributed by atoms with van der Waals surface area (Å²) in [5, 5.41) is 28.1. The zero-order valence-electron chi connectivity index (χ0n) is 37.9. The summed E-state index contributed by atoms with van der Waals surface area (Å²) in [5.41, 5.74) is 1.05. The van der Waals surface area contributed by atoms with Gasteiger partial charge in [-0.3, -0.25) is 0 Å². The summed E-state index contributed by atoms with van der Waals surface area (Å²) in [6.07, 6.45) is 2.74. The smallest absolute Gasteiger partial charge is 0.229 e. The number of hydrogen-bond donors (Lipinski definition) is 0. The first kappa shape index (κ1) is 48.4. The standard InChI is InChI=1S/C52H60N6O7/c1-5-41(37-53)35-39(3)47-55-49(57-64-47)51(43-19-11-7-12-20-43,44-21-13-8-14-22-44)62-33-31-60-29-27-59-28-30-61-32-34-63-52(45-23-15-9-16-24-45,46-25-17-10-18-26-46)50-56-48(65-58-50)40(4)36-42(6-2)38-54/h7-26,39-42H,5-6,27-36H2,1-4H3. The minimum Gasteiger partial charge on any atom is -0.377 e. The second kappa shape index (κ2) is 24.9. The third-order valence-electron chi connectivity index (χ3n) is 11.5. The fourth-order valence-corrected chi connectivity index (χ4v) is 7.89. The second-order valence-electron chi connectivity index (χ2n) is 16.0. The van der Waals surface area contributed by atoms with E-state index in [2.05, 4.69) is 22.5 Å². The monoisotopic (exact) mass is 880 g/mol. The van der Waals surface area contributed by atoms with Gasteiger partial charge in [0.1, 0.15) is 0 Å². The van der Waals surface area contributed by atoms with E-state index in [9.17, 15) is 10.5 Å². The van der Waals surface area contributed by atoms with Gasteiger partial charge in [-0.15, -0.1) is 0 Å². The van der Waals surface area contributed by atoms with E-state index in [1.54, 1.807) is 0 Å². The Morgan fingerprint density at radius 1 is 0.477 bits per heavy atom. The van der Waals surface area contributed by atoms with Crippen molar-refractivity contribution in [2.24, 2.45) is 11.8 Å². The van der Waals surface area contributed by atoms with Crippen LogP contribution in [0.2, 0.25) is 0 Å². The van der Waals surface area contributed by atoms with Gasteiger partial charge in [0.05, 0.1) is 65.0 Å². The number of hydrogen-bond acceptors (Lipinski definition) is 13. The van der Waals surface area contributed by atoms with Crippen molar-refractivity contribution in [1.82, 2.24) is 20.3 Å². The minimum absolute atomic E-state index is 0.103. The number of ether oxygens (including phenoxy) is 5. The second-order valence-corrected chi connectivity index (χ2v) is 16.0. The van der Waals surface area contributed by atoms with E-state index in [4.69, 9.17) is 42.7 Å². The van der Waals surface area contributed by atoms with Crippen molar-refractivity contribution in [3.63, 3.8) is 0 Å². The zero-order valence-corrected chi connectivity index (χ0v) is 37.9. The molecular weight excluding hydrogens is 821 g/mol. The molecule has 0 N–H and O–H groups in total. The molecule has 0 fully saturated rings. The Morgan fingerprint density at radius 3 is 1.05 bits per heavy atom. The topological polar surface area (TPSA) is 172 Å². The molecule has 4 aromatic carbocycles. The Morgan fingerprint density at radius 2 is 0.769 bits per heavy atom. The molecule has 13 nitrogen and oxygen atoms in total. The van der Waals surface area contributed by atoms with Gasteiger partial charge in [0.15, 0.2) is 11.2 Å². The fourth-order valence-electron chi connectivity index (χ4n) is 7.89. The highest BCUT2D eigenvalue weighted by molar-refractivity contribution is 5.44. The highest BCUT2D eigenvalue weighted by atomic mass is 16.6. The Kier molecular flexibility index (Phi) is 18.5. The molecule has 2 heterocycles. The van der Waals surface area contributed by atoms with E-state index in [0.29, 0.717) is 75.9 Å². The normalized spacial score (nSPS) is 13.7. The van der Waals surface area contributed by atoms with Crippen molar-refractivity contribution in [1.29, 1.82) is 10.5 Å². The molecule has 65 heavy (non-hydrogen) atoms. The molecule has 0 radical (unpaired) electrons. The number of nitriles is 2. The van der Waals surface area contributed by atoms with Crippen molar-refractivity contribution >= 4 is 0 Å². The Labute approximate surface area is 382 Å². The maximum Gasteiger partial charge on any atom is 0.229 e. The van der Waals surface area contributed by atoms with E-state index in [0.717, 1.165) is 35.1 Å². The molecule has 2 aromatic heterocycles. The Hall–Kier alpha value is -6.06. The fraction of sp³-hybridized carbons (Fsp3) is 0.423. The SMILES string of the molecule is CCC(C#N)CC(C)c1nc(C(OCCOCCOCCOCCOC(c2ccccc2)(c2ccccc2)c2noc(C(C)CC(C#N)CC)n2)(c2ccccc2)c2ccccc2)no1. The first-order valence-corrected chi connectivity index (χ1v) is 22.6. The molecule has 0 aliphatic carbocycles. The van der Waals surface area contributed by atoms with Gasteiger partial charge in [0.25, 0.3) is 0 Å². The summed E-state index contributed by atoms with van der Waals surface area (Å²) in [6.45, 7) is 10.5. The van der Waals surface area contributed by atoms with Gasteiger partial charge in [-0.1, -0.05) is 159 Å². The van der Waals surface area contributed by atoms with E-state index in [-0.39, 0.29) is 36.9 Å². The van der Waals surface area contributed by atoms with Crippen LogP contribution >= 0.6 is 0 Å². The third kappa shape index (κ3) is 12.2. The molecule has 0 spiro atoms. The molecule has 0 amide bonds. The van der Waals surface area contributed by atoms with E-state index in [1.165, 1.54) is 0 Å². The lowest BCUT2D eigenvalue weighted by molar-refractivity contribution is -0.0490. The van der Waals surface area contributed by atoms with Crippen LogP contribution in [0.5, 0.6) is 0 Å². The quantitative estimate of drug-likeness (QED) is 0.0427. The molecule has 0 saturated carbocycles. The summed E-state index contributed by atoms with van der Waals surface area (Å²) in [5.74, 6) is 1.28. The van der Waals surface area contributed by atoms with Crippen molar-refractivity contribution in [2.45, 2.75) is 76.4 Å². The zero-order chi connectivity index (χ0) is 45.7. The average Bonchev–Trinajstić information content (AvgIpc) is 4.07. The average molecular weight is 881 g/mol. The van der Waals surface area contributed by atoms with Gasteiger partial charge < -0.3 is 32.7 Å². The van der Waals surface area contributed by atoms with Crippen LogP contribution in [0.4, 0.5) is 0 Å². The maximum absolute atomic E-state index is 9.57. The number of aromatic nitrogens is 4. The van der Waals surface area contributed by atoms with Crippen LogP contribution in [0.25, 0.3) is 0 Å². The Balaban J connectivity index is 1.01. The molecule has 6 aromatic rings. The summed E-state index contributed by atoms with van der Waals surface area (Å²) in [4.78, 5) is 9.79. The van der Waals surface area contributed by atoms with Gasteiger partial charge in [-0.05, 0) is 47.9 Å². The molecule has 0 aliphatic heterocycles. The highest BCUT2D eigenvalue weighted by Crippen LogP contribution is 2.41. The van der Waals surface area contributed by atoms with Crippen molar-refractivity contribution in [3.05, 3.63) is 167 Å². The van der Waals surface area contributed by atoms with E-state index in [1.807, 2.05) is 149 Å². The number of nitrogens with zero attached hydrogens (tertiary/aromatic N) is 6. The van der Waals surface area contributed by atoms with Gasteiger partial charge >= 0.3 is 0 Å². The van der Waals surface area contributed by atoms with Crippen LogP contribution in [0.3, 0.4) is 0 Å². The highest BCUT2D eigenvalue weighted by Gasteiger charge is 2.44. The summed E-state index contributed by atoms with van der Waals surface area (Å²) in [6, 6.07) is 44.2. The molecule has 0 saturated heterocycles. The van der Waals surface area contributed by atoms with Crippen molar-refractivity contribution in [2.75, 3.05) is 52.9 Å². The minimum atomic E-state index is -1.17. The van der Waals surface area contributed by atoms with Crippen LogP contribution in [0, 0.1) is 34.5 Å². The first-order chi connectivity index (χ1) is 31.9. The maximum atomic E-state index is 9.57. The van der Waals surface area contributed by atoms with Crippen LogP contribution in [0.15, 0.2) is 130 Å². The molecule has 0 aliphatic rings. The van der Waals surface area contributed by atoms with Crippen LogP contribution in [0.1, 0.15) is 111 Å². The molecule has 340 valence electrons. The predicted molar refractivity (Wildman–Crippen MR) is 243 cm³/mol. The molecule has 4 unspecified atom stereocenters. The van der Waals surface area contributed by atoms with Gasteiger partial charge in [0.2, 0.25) is 23.4 Å². The van der Waals surface area contributed by atoms with E-state index < -0.39 is 11.2 Å². The third-order valence-corrected chi connectivity index (χ3v) is 11.5. The number of rotatable bonds is 28. The first-order valence-electron chi connectivity index (χ1n) is 22.6. The van der Waals surface area contributed by atoms with E-state index >= 15 is 0 Å². The summed E-state index contributed by atoms with van der Waals surface area (Å²) in [7, 11) is 0. The molecule has 6 rings (SSSR count). The van der Waals surface area contributed by atoms with Crippen LogP contribution < -0.4 is 0 Å². The van der Waals surface area contributed by atoms with Crippen LogP contribution in [-0.4, -0.2) is 73.1 Å². The predicted octanol–water partition coefficient (Wildman–Crippen LogP) is 9.91. The molecule has 4 atom stereocenters.